The molecular formula is C36H72O7Si4. The minimum Gasteiger partial charge on any atom is -0.508 e. The quantitative estimate of drug-likeness (QED) is 0.227. The molecule has 0 radical (unpaired) electrons. The van der Waals surface area contributed by atoms with Gasteiger partial charge in [0.25, 0.3) is 0 Å². The monoisotopic (exact) mass is 728 g/mol. The van der Waals surface area contributed by atoms with E-state index in [1.54, 1.807) is 24.3 Å². The van der Waals surface area contributed by atoms with Gasteiger partial charge in [-0.2, -0.15) is 0 Å². The predicted molar refractivity (Wildman–Crippen MR) is 207 cm³/mol. The van der Waals surface area contributed by atoms with Crippen LogP contribution in [0.4, 0.5) is 0 Å². The van der Waals surface area contributed by atoms with Crippen molar-refractivity contribution in [3.63, 3.8) is 0 Å². The highest BCUT2D eigenvalue weighted by Crippen LogP contribution is 2.46. The number of rotatable bonds is 11. The van der Waals surface area contributed by atoms with Crippen molar-refractivity contribution in [1.82, 2.24) is 0 Å². The Morgan fingerprint density at radius 2 is 0.915 bits per heavy atom. The SMILES string of the molecule is CC(C)(C)[Si](C)(C)OC[C@H]1O[C@@H](Oc2ccc(O)cc2)C(O[Si](C)(C)C(C)(C)C)C(O[Si](C)(C)C(C)(C)C)C1O[Si](C)(C)C(C)(C)C. The molecule has 0 aromatic heterocycles. The lowest BCUT2D eigenvalue weighted by Gasteiger charge is -2.54. The van der Waals surface area contributed by atoms with Crippen molar-refractivity contribution >= 4 is 33.3 Å². The Balaban J connectivity index is 2.86. The highest BCUT2D eigenvalue weighted by Gasteiger charge is 2.57. The normalized spacial score (nSPS) is 24.4. The average molecular weight is 729 g/mol. The zero-order valence-electron chi connectivity index (χ0n) is 33.8. The van der Waals surface area contributed by atoms with Gasteiger partial charge in [0.15, 0.2) is 33.3 Å². The van der Waals surface area contributed by atoms with Gasteiger partial charge in [-0.05, 0) is 96.8 Å². The third kappa shape index (κ3) is 10.5. The van der Waals surface area contributed by atoms with Crippen LogP contribution in [0.3, 0.4) is 0 Å². The first-order chi connectivity index (χ1) is 20.7. The molecule has 1 aliphatic heterocycles. The van der Waals surface area contributed by atoms with Crippen molar-refractivity contribution < 1.29 is 32.3 Å². The van der Waals surface area contributed by atoms with E-state index in [9.17, 15) is 5.11 Å². The van der Waals surface area contributed by atoms with Crippen LogP contribution in [0.2, 0.25) is 72.5 Å². The second kappa shape index (κ2) is 14.2. The first-order valence-corrected chi connectivity index (χ1v) is 29.1. The van der Waals surface area contributed by atoms with Gasteiger partial charge in [0.05, 0.1) is 6.61 Å². The molecule has 0 bridgehead atoms. The Bertz CT molecular complexity index is 1160. The molecule has 1 heterocycles. The van der Waals surface area contributed by atoms with Crippen LogP contribution >= 0.6 is 0 Å². The minimum absolute atomic E-state index is 0.0322. The molecule has 0 saturated carbocycles. The van der Waals surface area contributed by atoms with Gasteiger partial charge in [-0.25, -0.2) is 0 Å². The number of phenolic OH excluding ortho intramolecular Hbond substituents is 1. The van der Waals surface area contributed by atoms with Gasteiger partial charge < -0.3 is 32.3 Å². The van der Waals surface area contributed by atoms with Crippen LogP contribution < -0.4 is 4.74 Å². The van der Waals surface area contributed by atoms with Crippen LogP contribution in [-0.4, -0.2) is 75.7 Å². The summed E-state index contributed by atoms with van der Waals surface area (Å²) in [6.07, 6.45) is -2.67. The highest BCUT2D eigenvalue weighted by atomic mass is 28.4. The molecule has 3 unspecified atom stereocenters. The first-order valence-electron chi connectivity index (χ1n) is 17.5. The summed E-state index contributed by atoms with van der Waals surface area (Å²) in [5, 5.41) is 9.91. The van der Waals surface area contributed by atoms with Crippen LogP contribution in [0.15, 0.2) is 24.3 Å². The fraction of sp³-hybridized carbons (Fsp3) is 0.833. The van der Waals surface area contributed by atoms with Crippen molar-refractivity contribution in [2.24, 2.45) is 0 Å². The standard InChI is InChI=1S/C36H72O7Si4/c1-33(2,3)44(13,14)38-25-28-29(41-45(15,16)34(4,5)6)30(42-46(17,18)35(7,8)9)31(43-47(19,20)36(10,11)12)32(40-28)39-27-23-21-26(37)22-24-27/h21-24,28-32,37H,25H2,1-20H3/t28-,29?,30?,31?,32-/m1/s1. The van der Waals surface area contributed by atoms with Crippen molar-refractivity contribution in [3.8, 4) is 11.5 Å². The fourth-order valence-corrected chi connectivity index (χ4v) is 9.14. The minimum atomic E-state index is -2.38. The lowest BCUT2D eigenvalue weighted by molar-refractivity contribution is -0.266. The van der Waals surface area contributed by atoms with Crippen LogP contribution in [0.25, 0.3) is 0 Å². The smallest absolute Gasteiger partial charge is 0.228 e. The van der Waals surface area contributed by atoms with Gasteiger partial charge >= 0.3 is 0 Å². The number of hydrogen-bond donors (Lipinski definition) is 1. The average Bonchev–Trinajstić information content (AvgIpc) is 2.84. The first kappa shape index (κ1) is 42.7. The summed E-state index contributed by atoms with van der Waals surface area (Å²) in [7, 11) is -9.23. The Hall–Kier alpha value is -0.512. The Morgan fingerprint density at radius 3 is 1.30 bits per heavy atom. The molecule has 2 rings (SSSR count). The molecule has 274 valence electrons. The maximum absolute atomic E-state index is 10.0. The van der Waals surface area contributed by atoms with Gasteiger partial charge in [-0.1, -0.05) is 83.1 Å². The van der Waals surface area contributed by atoms with E-state index in [1.807, 2.05) is 0 Å². The zero-order valence-corrected chi connectivity index (χ0v) is 37.8. The molecule has 1 saturated heterocycles. The van der Waals surface area contributed by atoms with E-state index in [4.69, 9.17) is 27.2 Å². The van der Waals surface area contributed by atoms with Crippen LogP contribution in [-0.2, 0) is 22.4 Å². The lowest BCUT2D eigenvalue weighted by Crippen LogP contribution is -2.69. The largest absolute Gasteiger partial charge is 0.508 e. The summed E-state index contributed by atoms with van der Waals surface area (Å²) < 4.78 is 42.9. The van der Waals surface area contributed by atoms with E-state index in [0.29, 0.717) is 12.4 Å². The van der Waals surface area contributed by atoms with Crippen LogP contribution in [0.5, 0.6) is 11.5 Å². The van der Waals surface area contributed by atoms with Gasteiger partial charge in [0, 0.05) is 0 Å². The van der Waals surface area contributed by atoms with Crippen LogP contribution in [0.1, 0.15) is 83.1 Å². The number of benzene rings is 1. The van der Waals surface area contributed by atoms with E-state index in [1.165, 1.54) is 0 Å². The summed E-state index contributed by atoms with van der Waals surface area (Å²) in [4.78, 5) is 0. The van der Waals surface area contributed by atoms with E-state index in [0.717, 1.165) is 0 Å². The van der Waals surface area contributed by atoms with E-state index >= 15 is 0 Å². The molecule has 5 atom stereocenters. The van der Waals surface area contributed by atoms with E-state index < -0.39 is 64.0 Å². The molecule has 0 aliphatic carbocycles. The molecule has 1 aliphatic rings. The maximum Gasteiger partial charge on any atom is 0.228 e. The van der Waals surface area contributed by atoms with Gasteiger partial charge in [-0.15, -0.1) is 0 Å². The third-order valence-corrected chi connectivity index (χ3v) is 29.7. The van der Waals surface area contributed by atoms with E-state index in [2.05, 4.69) is 135 Å². The van der Waals surface area contributed by atoms with Crippen molar-refractivity contribution in [1.29, 1.82) is 0 Å². The summed E-state index contributed by atoms with van der Waals surface area (Å²) >= 11 is 0. The Morgan fingerprint density at radius 1 is 0.553 bits per heavy atom. The lowest BCUT2D eigenvalue weighted by atomic mass is 9.99. The number of aromatic hydroxyl groups is 1. The number of ether oxygens (including phenoxy) is 2. The van der Waals surface area contributed by atoms with E-state index in [-0.39, 0.29) is 25.9 Å². The molecule has 0 amide bonds. The van der Waals surface area contributed by atoms with Crippen LogP contribution in [0, 0.1) is 0 Å². The zero-order chi connectivity index (χ0) is 36.8. The molecule has 1 N–H and O–H groups in total. The predicted octanol–water partition coefficient (Wildman–Crippen LogP) is 10.7. The van der Waals surface area contributed by atoms with Crippen molar-refractivity contribution in [2.45, 2.75) is 186 Å². The summed E-state index contributed by atoms with van der Waals surface area (Å²) in [6.45, 7) is 45.8. The molecule has 47 heavy (non-hydrogen) atoms. The van der Waals surface area contributed by atoms with Gasteiger partial charge in [0.1, 0.15) is 35.9 Å². The molecule has 1 fully saturated rings. The summed E-state index contributed by atoms with van der Waals surface area (Å²) in [6, 6.07) is 6.80. The Kier molecular flexibility index (Phi) is 12.9. The maximum atomic E-state index is 10.0. The molecule has 1 aromatic rings. The van der Waals surface area contributed by atoms with Crippen molar-refractivity contribution in [2.75, 3.05) is 6.61 Å². The molecule has 11 heteroatoms. The molecule has 7 nitrogen and oxygen atoms in total. The summed E-state index contributed by atoms with van der Waals surface area (Å²) in [5.41, 5.74) is 0. The molecular weight excluding hydrogens is 657 g/mol. The van der Waals surface area contributed by atoms with Gasteiger partial charge in [0.2, 0.25) is 6.29 Å². The third-order valence-electron chi connectivity index (χ3n) is 11.8. The molecule has 1 aromatic carbocycles. The van der Waals surface area contributed by atoms with Crippen molar-refractivity contribution in [3.05, 3.63) is 24.3 Å². The highest BCUT2D eigenvalue weighted by molar-refractivity contribution is 6.75. The fourth-order valence-electron chi connectivity index (χ4n) is 4.23. The second-order valence-electron chi connectivity index (χ2n) is 19.8. The summed E-state index contributed by atoms with van der Waals surface area (Å²) in [5.74, 6) is 0.772. The number of hydrogen-bond acceptors (Lipinski definition) is 7. The molecule has 0 spiro atoms. The number of phenols is 1. The topological polar surface area (TPSA) is 75.6 Å². The van der Waals surface area contributed by atoms with Gasteiger partial charge in [-0.3, -0.25) is 0 Å². The Labute approximate surface area is 293 Å². The second-order valence-corrected chi connectivity index (χ2v) is 38.8.